The summed E-state index contributed by atoms with van der Waals surface area (Å²) in [6, 6.07) is 9.76. The predicted molar refractivity (Wildman–Crippen MR) is 79.2 cm³/mol. The van der Waals surface area contributed by atoms with Crippen molar-refractivity contribution in [2.45, 2.75) is 25.9 Å². The van der Waals surface area contributed by atoms with E-state index in [1.54, 1.807) is 18.2 Å². The van der Waals surface area contributed by atoms with Crippen LogP contribution in [0.15, 0.2) is 36.4 Å². The van der Waals surface area contributed by atoms with Gasteiger partial charge in [0.05, 0.1) is 0 Å². The van der Waals surface area contributed by atoms with E-state index < -0.39 is 0 Å². The van der Waals surface area contributed by atoms with Gasteiger partial charge in [0.15, 0.2) is 0 Å². The third kappa shape index (κ3) is 2.83. The SMILES string of the molecule is CC(=O)Oc1ccc2c(c1)OC(c1ccc(O)cc1O)CC2. The topological polar surface area (TPSA) is 76.0 Å². The number of phenolic OH excluding ortho intramolecular Hbond substituents is 2. The van der Waals surface area contributed by atoms with Crippen molar-refractivity contribution in [3.8, 4) is 23.0 Å². The van der Waals surface area contributed by atoms with Crippen LogP contribution >= 0.6 is 0 Å². The fourth-order valence-electron chi connectivity index (χ4n) is 2.60. The Bertz CT molecular complexity index is 723. The van der Waals surface area contributed by atoms with Gasteiger partial charge in [-0.2, -0.15) is 0 Å². The van der Waals surface area contributed by atoms with Gasteiger partial charge in [-0.1, -0.05) is 6.07 Å². The lowest BCUT2D eigenvalue weighted by Gasteiger charge is -2.27. The number of carbonyl (C=O) groups is 1. The van der Waals surface area contributed by atoms with Crippen molar-refractivity contribution in [2.24, 2.45) is 0 Å². The van der Waals surface area contributed by atoms with Gasteiger partial charge in [-0.3, -0.25) is 4.79 Å². The summed E-state index contributed by atoms with van der Waals surface area (Å²) in [5, 5.41) is 19.3. The highest BCUT2D eigenvalue weighted by molar-refractivity contribution is 5.69. The number of rotatable bonds is 2. The minimum atomic E-state index is -0.386. The summed E-state index contributed by atoms with van der Waals surface area (Å²) >= 11 is 0. The summed E-state index contributed by atoms with van der Waals surface area (Å²) in [5.74, 6) is 0.701. The van der Waals surface area contributed by atoms with E-state index in [2.05, 4.69) is 0 Å². The molecule has 2 aromatic rings. The Kier molecular flexibility index (Phi) is 3.63. The van der Waals surface area contributed by atoms with E-state index in [0.717, 1.165) is 18.4 Å². The largest absolute Gasteiger partial charge is 0.508 e. The first-order chi connectivity index (χ1) is 10.5. The second-order valence-electron chi connectivity index (χ2n) is 5.25. The predicted octanol–water partition coefficient (Wildman–Crippen LogP) is 3.09. The summed E-state index contributed by atoms with van der Waals surface area (Å²) in [4.78, 5) is 11.0. The first-order valence-corrected chi connectivity index (χ1v) is 7.03. The number of hydrogen-bond acceptors (Lipinski definition) is 5. The molecule has 0 aliphatic carbocycles. The summed E-state index contributed by atoms with van der Waals surface area (Å²) in [5.41, 5.74) is 1.66. The van der Waals surface area contributed by atoms with Gasteiger partial charge in [0.1, 0.15) is 29.1 Å². The number of esters is 1. The molecule has 114 valence electrons. The second kappa shape index (κ2) is 5.60. The molecule has 0 saturated heterocycles. The van der Waals surface area contributed by atoms with Gasteiger partial charge in [0, 0.05) is 24.6 Å². The number of carbonyl (C=O) groups excluding carboxylic acids is 1. The van der Waals surface area contributed by atoms with E-state index in [9.17, 15) is 15.0 Å². The number of benzene rings is 2. The Balaban J connectivity index is 1.87. The quantitative estimate of drug-likeness (QED) is 0.658. The van der Waals surface area contributed by atoms with Crippen molar-refractivity contribution in [3.63, 3.8) is 0 Å². The first-order valence-electron chi connectivity index (χ1n) is 7.03. The summed E-state index contributed by atoms with van der Waals surface area (Å²) in [7, 11) is 0. The molecule has 1 aliphatic rings. The highest BCUT2D eigenvalue weighted by atomic mass is 16.5. The smallest absolute Gasteiger partial charge is 0.308 e. The maximum Gasteiger partial charge on any atom is 0.308 e. The molecular formula is C17H16O5. The zero-order chi connectivity index (χ0) is 15.7. The van der Waals surface area contributed by atoms with Crippen LogP contribution in [-0.2, 0) is 11.2 Å². The Morgan fingerprint density at radius 3 is 2.77 bits per heavy atom. The fourth-order valence-corrected chi connectivity index (χ4v) is 2.60. The molecule has 0 radical (unpaired) electrons. The van der Waals surface area contributed by atoms with E-state index in [4.69, 9.17) is 9.47 Å². The Hall–Kier alpha value is -2.69. The minimum absolute atomic E-state index is 0.00425. The molecule has 1 aliphatic heterocycles. The number of phenols is 2. The molecule has 0 fully saturated rings. The second-order valence-corrected chi connectivity index (χ2v) is 5.25. The maximum atomic E-state index is 11.0. The lowest BCUT2D eigenvalue weighted by Crippen LogP contribution is -2.15. The van der Waals surface area contributed by atoms with Crippen LogP contribution in [0.3, 0.4) is 0 Å². The molecule has 0 bridgehead atoms. The van der Waals surface area contributed by atoms with Crippen molar-refractivity contribution >= 4 is 5.97 Å². The highest BCUT2D eigenvalue weighted by Gasteiger charge is 2.24. The van der Waals surface area contributed by atoms with Crippen LogP contribution in [0.1, 0.15) is 30.6 Å². The van der Waals surface area contributed by atoms with E-state index in [1.807, 2.05) is 6.07 Å². The summed E-state index contributed by atoms with van der Waals surface area (Å²) in [6.45, 7) is 1.34. The van der Waals surface area contributed by atoms with Crippen LogP contribution in [0, 0.1) is 0 Å². The molecular weight excluding hydrogens is 284 g/mol. The van der Waals surface area contributed by atoms with Crippen LogP contribution < -0.4 is 9.47 Å². The first kappa shape index (κ1) is 14.3. The molecule has 0 amide bonds. The van der Waals surface area contributed by atoms with Gasteiger partial charge >= 0.3 is 5.97 Å². The maximum absolute atomic E-state index is 11.0. The number of aryl methyl sites for hydroxylation is 1. The lowest BCUT2D eigenvalue weighted by atomic mass is 9.96. The third-order valence-corrected chi connectivity index (χ3v) is 3.61. The number of aromatic hydroxyl groups is 2. The molecule has 2 aromatic carbocycles. The van der Waals surface area contributed by atoms with Gasteiger partial charge in [-0.15, -0.1) is 0 Å². The van der Waals surface area contributed by atoms with Crippen LogP contribution in [0.4, 0.5) is 0 Å². The molecule has 1 heterocycles. The van der Waals surface area contributed by atoms with Crippen molar-refractivity contribution in [1.82, 2.24) is 0 Å². The average Bonchev–Trinajstić information content (AvgIpc) is 2.46. The number of ether oxygens (including phenoxy) is 2. The summed E-state index contributed by atoms with van der Waals surface area (Å²) in [6.07, 6.45) is 1.21. The third-order valence-electron chi connectivity index (χ3n) is 3.61. The van der Waals surface area contributed by atoms with Crippen LogP contribution in [0.25, 0.3) is 0 Å². The zero-order valence-electron chi connectivity index (χ0n) is 12.1. The Morgan fingerprint density at radius 1 is 1.23 bits per heavy atom. The molecule has 1 atom stereocenters. The van der Waals surface area contributed by atoms with E-state index in [-0.39, 0.29) is 23.6 Å². The monoisotopic (exact) mass is 300 g/mol. The van der Waals surface area contributed by atoms with Crippen molar-refractivity contribution in [2.75, 3.05) is 0 Å². The molecule has 5 heteroatoms. The van der Waals surface area contributed by atoms with Gasteiger partial charge < -0.3 is 19.7 Å². The standard InChI is InChI=1S/C17H16O5/c1-10(18)21-13-5-2-11-3-7-16(22-17(11)9-13)14-6-4-12(19)8-15(14)20/h2,4-6,8-9,16,19-20H,3,7H2,1H3. The van der Waals surface area contributed by atoms with Crippen molar-refractivity contribution < 1.29 is 24.5 Å². The van der Waals surface area contributed by atoms with Crippen molar-refractivity contribution in [3.05, 3.63) is 47.5 Å². The van der Waals surface area contributed by atoms with Gasteiger partial charge in [0.25, 0.3) is 0 Å². The highest BCUT2D eigenvalue weighted by Crippen LogP contribution is 2.40. The average molecular weight is 300 g/mol. The number of hydrogen-bond donors (Lipinski definition) is 2. The van der Waals surface area contributed by atoms with Gasteiger partial charge in [0.2, 0.25) is 0 Å². The van der Waals surface area contributed by atoms with Crippen LogP contribution in [0.5, 0.6) is 23.0 Å². The van der Waals surface area contributed by atoms with Crippen LogP contribution in [-0.4, -0.2) is 16.2 Å². The molecule has 0 saturated carbocycles. The normalized spacial score (nSPS) is 16.5. The van der Waals surface area contributed by atoms with E-state index in [1.165, 1.54) is 19.1 Å². The fraction of sp³-hybridized carbons (Fsp3) is 0.235. The minimum Gasteiger partial charge on any atom is -0.508 e. The van der Waals surface area contributed by atoms with Crippen LogP contribution in [0.2, 0.25) is 0 Å². The Labute approximate surface area is 127 Å². The molecule has 22 heavy (non-hydrogen) atoms. The van der Waals surface area contributed by atoms with Gasteiger partial charge in [-0.05, 0) is 36.6 Å². The molecule has 2 N–H and O–H groups in total. The van der Waals surface area contributed by atoms with Crippen molar-refractivity contribution in [1.29, 1.82) is 0 Å². The molecule has 0 spiro atoms. The van der Waals surface area contributed by atoms with E-state index in [0.29, 0.717) is 17.1 Å². The molecule has 5 nitrogen and oxygen atoms in total. The molecule has 3 rings (SSSR count). The van der Waals surface area contributed by atoms with E-state index >= 15 is 0 Å². The Morgan fingerprint density at radius 2 is 2.05 bits per heavy atom. The molecule has 1 unspecified atom stereocenters. The lowest BCUT2D eigenvalue weighted by molar-refractivity contribution is -0.131. The van der Waals surface area contributed by atoms with Gasteiger partial charge in [-0.25, -0.2) is 0 Å². The summed E-state index contributed by atoms with van der Waals surface area (Å²) < 4.78 is 11.0. The zero-order valence-corrected chi connectivity index (χ0v) is 12.1. The molecule has 0 aromatic heterocycles. The number of fused-ring (bicyclic) bond motifs is 1.